The molecule has 0 radical (unpaired) electrons. The number of anilines is 1. The number of benzene rings is 1. The molecule has 0 aliphatic carbocycles. The lowest BCUT2D eigenvalue weighted by atomic mass is 10.1. The molecule has 0 amide bonds. The molecule has 4 aromatic rings. The van der Waals surface area contributed by atoms with Gasteiger partial charge in [0, 0.05) is 29.9 Å². The first-order valence-corrected chi connectivity index (χ1v) is 7.53. The first-order valence-electron chi connectivity index (χ1n) is 7.53. The monoisotopic (exact) mass is 346 g/mol. The van der Waals surface area contributed by atoms with E-state index in [4.69, 9.17) is 5.73 Å². The Kier molecular flexibility index (Phi) is 3.38. The predicted molar refractivity (Wildman–Crippen MR) is 87.7 cm³/mol. The molecule has 128 valence electrons. The highest BCUT2D eigenvalue weighted by Crippen LogP contribution is 2.30. The fourth-order valence-corrected chi connectivity index (χ4v) is 2.76. The Morgan fingerprint density at radius 2 is 2.00 bits per heavy atom. The summed E-state index contributed by atoms with van der Waals surface area (Å²) in [5, 5.41) is 12.3. The summed E-state index contributed by atoms with van der Waals surface area (Å²) in [6.45, 7) is -0.259. The number of aryl methyl sites for hydroxylation is 1. The average Bonchev–Trinajstić information content (AvgIpc) is 3.22. The number of aromatic nitrogens is 5. The maximum atomic E-state index is 12.4. The van der Waals surface area contributed by atoms with E-state index in [-0.39, 0.29) is 12.4 Å². The summed E-state index contributed by atoms with van der Waals surface area (Å²) in [4.78, 5) is 4.36. The standard InChI is InChI=1S/C16H13F3N6/c17-16(18,19)4-6-25-8-11-14(24-25)10-2-1-9(12-3-5-21-23-12)7-13(10)22-15(11)20/h1-3,5,7-8H,4,6H2,(H2,20,22)(H,21,23). The topological polar surface area (TPSA) is 85.4 Å². The Hall–Kier alpha value is -3.10. The zero-order chi connectivity index (χ0) is 17.6. The third-order valence-electron chi connectivity index (χ3n) is 3.97. The van der Waals surface area contributed by atoms with Crippen LogP contribution in [0.1, 0.15) is 6.42 Å². The van der Waals surface area contributed by atoms with Gasteiger partial charge in [-0.15, -0.1) is 0 Å². The highest BCUT2D eigenvalue weighted by Gasteiger charge is 2.27. The lowest BCUT2D eigenvalue weighted by Crippen LogP contribution is -2.12. The van der Waals surface area contributed by atoms with Gasteiger partial charge in [-0.05, 0) is 18.2 Å². The number of H-pyrrole nitrogens is 1. The maximum absolute atomic E-state index is 12.4. The van der Waals surface area contributed by atoms with Crippen LogP contribution in [0.3, 0.4) is 0 Å². The van der Waals surface area contributed by atoms with E-state index in [1.807, 2.05) is 24.3 Å². The fourth-order valence-electron chi connectivity index (χ4n) is 2.76. The van der Waals surface area contributed by atoms with Crippen molar-refractivity contribution in [1.82, 2.24) is 25.0 Å². The Morgan fingerprint density at radius 3 is 2.72 bits per heavy atom. The molecule has 0 saturated heterocycles. The minimum absolute atomic E-state index is 0.238. The van der Waals surface area contributed by atoms with Crippen LogP contribution in [0.2, 0.25) is 0 Å². The molecular weight excluding hydrogens is 333 g/mol. The Morgan fingerprint density at radius 1 is 1.16 bits per heavy atom. The Bertz CT molecular complexity index is 1050. The first-order chi connectivity index (χ1) is 11.9. The summed E-state index contributed by atoms with van der Waals surface area (Å²) in [5.41, 5.74) is 8.86. The van der Waals surface area contributed by atoms with Crippen LogP contribution in [0.5, 0.6) is 0 Å². The maximum Gasteiger partial charge on any atom is 0.390 e. The predicted octanol–water partition coefficient (Wildman–Crippen LogP) is 3.51. The van der Waals surface area contributed by atoms with Crippen LogP contribution in [0.25, 0.3) is 33.1 Å². The molecule has 9 heteroatoms. The van der Waals surface area contributed by atoms with Crippen molar-refractivity contribution in [3.05, 3.63) is 36.7 Å². The van der Waals surface area contributed by atoms with Crippen LogP contribution in [0.4, 0.5) is 19.0 Å². The molecule has 0 saturated carbocycles. The van der Waals surface area contributed by atoms with Gasteiger partial charge in [0.25, 0.3) is 0 Å². The SMILES string of the molecule is Nc1nc2cc(-c3ccn[nH]3)ccc2c2nn(CCC(F)(F)F)cc12. The van der Waals surface area contributed by atoms with Gasteiger partial charge in [-0.1, -0.05) is 6.07 Å². The normalized spacial score (nSPS) is 12.3. The lowest BCUT2D eigenvalue weighted by molar-refractivity contribution is -0.137. The van der Waals surface area contributed by atoms with Gasteiger partial charge in [0.15, 0.2) is 0 Å². The molecule has 0 fully saturated rings. The van der Waals surface area contributed by atoms with Crippen molar-refractivity contribution in [2.24, 2.45) is 0 Å². The van der Waals surface area contributed by atoms with Crippen LogP contribution >= 0.6 is 0 Å². The number of fused-ring (bicyclic) bond motifs is 3. The van der Waals surface area contributed by atoms with Crippen molar-refractivity contribution >= 4 is 27.6 Å². The third kappa shape index (κ3) is 2.88. The van der Waals surface area contributed by atoms with E-state index >= 15 is 0 Å². The molecule has 4 rings (SSSR count). The van der Waals surface area contributed by atoms with E-state index in [2.05, 4.69) is 20.3 Å². The number of pyridine rings is 1. The summed E-state index contributed by atoms with van der Waals surface area (Å²) in [6.07, 6.45) is -2.03. The van der Waals surface area contributed by atoms with Crippen molar-refractivity contribution in [3.8, 4) is 11.3 Å². The van der Waals surface area contributed by atoms with Crippen LogP contribution in [0.15, 0.2) is 36.7 Å². The van der Waals surface area contributed by atoms with Gasteiger partial charge < -0.3 is 5.73 Å². The highest BCUT2D eigenvalue weighted by atomic mass is 19.4. The summed E-state index contributed by atoms with van der Waals surface area (Å²) in [5.74, 6) is 0.238. The van der Waals surface area contributed by atoms with Crippen LogP contribution < -0.4 is 5.73 Å². The molecule has 0 aliphatic rings. The number of nitrogens with one attached hydrogen (secondary N) is 1. The van der Waals surface area contributed by atoms with E-state index in [1.54, 1.807) is 6.20 Å². The molecule has 0 atom stereocenters. The highest BCUT2D eigenvalue weighted by molar-refractivity contribution is 6.08. The lowest BCUT2D eigenvalue weighted by Gasteiger charge is -2.05. The second-order valence-corrected chi connectivity index (χ2v) is 5.72. The van der Waals surface area contributed by atoms with Gasteiger partial charge in [-0.2, -0.15) is 23.4 Å². The molecule has 1 aromatic carbocycles. The second kappa shape index (κ2) is 5.47. The van der Waals surface area contributed by atoms with Gasteiger partial charge in [-0.25, -0.2) is 4.98 Å². The average molecular weight is 346 g/mol. The van der Waals surface area contributed by atoms with Crippen molar-refractivity contribution in [1.29, 1.82) is 0 Å². The minimum atomic E-state index is -4.23. The van der Waals surface area contributed by atoms with Crippen molar-refractivity contribution in [2.45, 2.75) is 19.1 Å². The van der Waals surface area contributed by atoms with Gasteiger partial charge in [0.1, 0.15) is 11.3 Å². The summed E-state index contributed by atoms with van der Waals surface area (Å²) >= 11 is 0. The second-order valence-electron chi connectivity index (χ2n) is 5.72. The Labute approximate surface area is 139 Å². The number of hydrogen-bond acceptors (Lipinski definition) is 4. The van der Waals surface area contributed by atoms with E-state index in [0.717, 1.165) is 16.6 Å². The minimum Gasteiger partial charge on any atom is -0.383 e. The quantitative estimate of drug-likeness (QED) is 0.594. The van der Waals surface area contributed by atoms with E-state index in [0.29, 0.717) is 16.4 Å². The molecule has 25 heavy (non-hydrogen) atoms. The van der Waals surface area contributed by atoms with E-state index in [1.165, 1.54) is 10.9 Å². The van der Waals surface area contributed by atoms with Crippen molar-refractivity contribution in [2.75, 3.05) is 5.73 Å². The number of nitrogens with zero attached hydrogens (tertiary/aromatic N) is 4. The number of hydrogen-bond donors (Lipinski definition) is 2. The van der Waals surface area contributed by atoms with E-state index in [9.17, 15) is 13.2 Å². The summed E-state index contributed by atoms with van der Waals surface area (Å²) in [6, 6.07) is 7.38. The van der Waals surface area contributed by atoms with Crippen molar-refractivity contribution in [3.63, 3.8) is 0 Å². The van der Waals surface area contributed by atoms with Gasteiger partial charge >= 0.3 is 6.18 Å². The zero-order valence-corrected chi connectivity index (χ0v) is 12.9. The number of nitrogens with two attached hydrogens (primary N) is 1. The zero-order valence-electron chi connectivity index (χ0n) is 12.9. The van der Waals surface area contributed by atoms with Crippen LogP contribution in [-0.4, -0.2) is 31.1 Å². The number of aromatic amines is 1. The van der Waals surface area contributed by atoms with Gasteiger partial charge in [-0.3, -0.25) is 9.78 Å². The fraction of sp³-hybridized carbons (Fsp3) is 0.188. The molecule has 3 N–H and O–H groups in total. The molecule has 0 bridgehead atoms. The first kappa shape index (κ1) is 15.4. The van der Waals surface area contributed by atoms with Crippen LogP contribution in [-0.2, 0) is 6.54 Å². The van der Waals surface area contributed by atoms with Crippen LogP contribution in [0, 0.1) is 0 Å². The van der Waals surface area contributed by atoms with Crippen molar-refractivity contribution < 1.29 is 13.2 Å². The number of nitrogen functional groups attached to an aromatic ring is 1. The number of alkyl halides is 3. The summed E-state index contributed by atoms with van der Waals surface area (Å²) in [7, 11) is 0. The molecule has 3 heterocycles. The number of halogens is 3. The van der Waals surface area contributed by atoms with Gasteiger partial charge in [0.05, 0.1) is 23.0 Å². The smallest absolute Gasteiger partial charge is 0.383 e. The van der Waals surface area contributed by atoms with E-state index < -0.39 is 12.6 Å². The Balaban J connectivity index is 1.81. The van der Waals surface area contributed by atoms with Gasteiger partial charge in [0.2, 0.25) is 0 Å². The molecule has 0 spiro atoms. The molecule has 0 unspecified atom stereocenters. The largest absolute Gasteiger partial charge is 0.390 e. The molecule has 3 aromatic heterocycles. The third-order valence-corrected chi connectivity index (χ3v) is 3.97. The molecule has 0 aliphatic heterocycles. The molecule has 6 nitrogen and oxygen atoms in total. The number of rotatable bonds is 3. The summed E-state index contributed by atoms with van der Waals surface area (Å²) < 4.78 is 38.5. The molecular formula is C16H13F3N6.